The van der Waals surface area contributed by atoms with Crippen molar-refractivity contribution in [3.8, 4) is 11.1 Å². The quantitative estimate of drug-likeness (QED) is 0.402. The summed E-state index contributed by atoms with van der Waals surface area (Å²) in [5.74, 6) is 0. The number of hydrogen-bond acceptors (Lipinski definition) is 4. The van der Waals surface area contributed by atoms with Crippen molar-refractivity contribution in [2.75, 3.05) is 5.43 Å². The molecule has 0 aromatic heterocycles. The number of nitrogens with zero attached hydrogens (tertiary/aromatic N) is 2. The third kappa shape index (κ3) is 4.09. The van der Waals surface area contributed by atoms with Crippen LogP contribution in [0, 0.1) is 10.1 Å². The Kier molecular flexibility index (Phi) is 4.85. The molecule has 0 aliphatic carbocycles. The van der Waals surface area contributed by atoms with Crippen molar-refractivity contribution in [1.82, 2.24) is 0 Å². The fourth-order valence-electron chi connectivity index (χ4n) is 2.44. The Labute approximate surface area is 145 Å². The molecular formula is C20H17N3O2. The lowest BCUT2D eigenvalue weighted by atomic mass is 10.0. The van der Waals surface area contributed by atoms with Crippen molar-refractivity contribution < 1.29 is 4.92 Å². The first-order chi connectivity index (χ1) is 12.1. The van der Waals surface area contributed by atoms with Crippen LogP contribution in [-0.4, -0.2) is 10.6 Å². The van der Waals surface area contributed by atoms with E-state index in [2.05, 4.69) is 34.8 Å². The molecule has 0 heterocycles. The van der Waals surface area contributed by atoms with Crippen LogP contribution in [0.1, 0.15) is 12.5 Å². The van der Waals surface area contributed by atoms with Gasteiger partial charge in [-0.1, -0.05) is 60.7 Å². The van der Waals surface area contributed by atoms with Gasteiger partial charge in [-0.25, -0.2) is 0 Å². The zero-order valence-corrected chi connectivity index (χ0v) is 13.7. The molecule has 1 N–H and O–H groups in total. The third-order valence-corrected chi connectivity index (χ3v) is 3.82. The molecular weight excluding hydrogens is 314 g/mol. The van der Waals surface area contributed by atoms with Gasteiger partial charge in [0.2, 0.25) is 0 Å². The molecule has 5 nitrogen and oxygen atoms in total. The zero-order chi connectivity index (χ0) is 17.6. The van der Waals surface area contributed by atoms with E-state index in [0.29, 0.717) is 5.69 Å². The lowest BCUT2D eigenvalue weighted by Gasteiger charge is -2.06. The van der Waals surface area contributed by atoms with E-state index in [0.717, 1.165) is 16.8 Å². The Morgan fingerprint density at radius 3 is 2.28 bits per heavy atom. The highest BCUT2D eigenvalue weighted by Gasteiger charge is 2.05. The van der Waals surface area contributed by atoms with E-state index < -0.39 is 4.92 Å². The van der Waals surface area contributed by atoms with Crippen molar-refractivity contribution in [3.63, 3.8) is 0 Å². The van der Waals surface area contributed by atoms with Crippen molar-refractivity contribution in [1.29, 1.82) is 0 Å². The molecule has 124 valence electrons. The second kappa shape index (κ2) is 7.40. The Bertz CT molecular complexity index is 904. The molecule has 0 atom stereocenters. The van der Waals surface area contributed by atoms with Crippen LogP contribution in [0.2, 0.25) is 0 Å². The van der Waals surface area contributed by atoms with Gasteiger partial charge in [-0.3, -0.25) is 15.5 Å². The predicted molar refractivity (Wildman–Crippen MR) is 101 cm³/mol. The predicted octanol–water partition coefficient (Wildman–Crippen LogP) is 5.10. The highest BCUT2D eigenvalue weighted by molar-refractivity contribution is 5.99. The minimum atomic E-state index is -0.427. The number of anilines is 1. The van der Waals surface area contributed by atoms with Gasteiger partial charge in [0.25, 0.3) is 5.69 Å². The topological polar surface area (TPSA) is 67.5 Å². The molecule has 0 bridgehead atoms. The van der Waals surface area contributed by atoms with Crippen molar-refractivity contribution in [2.45, 2.75) is 6.92 Å². The van der Waals surface area contributed by atoms with Crippen LogP contribution < -0.4 is 5.43 Å². The average molecular weight is 331 g/mol. The first kappa shape index (κ1) is 16.4. The molecule has 0 aliphatic rings. The Hall–Kier alpha value is -3.47. The normalized spacial score (nSPS) is 11.2. The van der Waals surface area contributed by atoms with Gasteiger partial charge in [0.1, 0.15) is 0 Å². The molecule has 0 radical (unpaired) electrons. The maximum atomic E-state index is 10.8. The molecule has 0 spiro atoms. The summed E-state index contributed by atoms with van der Waals surface area (Å²) in [5.41, 5.74) is 7.57. The molecule has 0 saturated heterocycles. The number of nitro groups is 1. The fraction of sp³-hybridized carbons (Fsp3) is 0.0500. The Morgan fingerprint density at radius 2 is 1.60 bits per heavy atom. The lowest BCUT2D eigenvalue weighted by molar-refractivity contribution is -0.384. The molecule has 25 heavy (non-hydrogen) atoms. The molecule has 3 aromatic carbocycles. The minimum absolute atomic E-state index is 0.0325. The molecule has 5 heteroatoms. The van der Waals surface area contributed by atoms with Crippen LogP contribution in [0.5, 0.6) is 0 Å². The van der Waals surface area contributed by atoms with Crippen LogP contribution in [0.25, 0.3) is 11.1 Å². The number of hydrogen-bond donors (Lipinski definition) is 1. The van der Waals surface area contributed by atoms with E-state index in [-0.39, 0.29) is 5.69 Å². The molecule has 0 aliphatic heterocycles. The second-order valence-electron chi connectivity index (χ2n) is 5.56. The first-order valence-corrected chi connectivity index (χ1v) is 7.84. The summed E-state index contributed by atoms with van der Waals surface area (Å²) in [4.78, 5) is 10.4. The molecule has 0 unspecified atom stereocenters. The minimum Gasteiger partial charge on any atom is -0.278 e. The van der Waals surface area contributed by atoms with Gasteiger partial charge in [-0.05, 0) is 29.7 Å². The largest absolute Gasteiger partial charge is 0.278 e. The van der Waals surface area contributed by atoms with Crippen LogP contribution in [0.4, 0.5) is 11.4 Å². The van der Waals surface area contributed by atoms with Gasteiger partial charge in [0, 0.05) is 12.1 Å². The Balaban J connectivity index is 1.74. The summed E-state index contributed by atoms with van der Waals surface area (Å²) in [7, 11) is 0. The number of rotatable bonds is 5. The number of nitrogens with one attached hydrogen (secondary N) is 1. The van der Waals surface area contributed by atoms with E-state index in [4.69, 9.17) is 0 Å². The van der Waals surface area contributed by atoms with Crippen molar-refractivity contribution in [2.24, 2.45) is 5.10 Å². The smallest absolute Gasteiger partial charge is 0.271 e. The highest BCUT2D eigenvalue weighted by atomic mass is 16.6. The molecule has 3 aromatic rings. The number of hydrazone groups is 1. The molecule has 0 fully saturated rings. The van der Waals surface area contributed by atoms with E-state index >= 15 is 0 Å². The molecule has 3 rings (SSSR count). The number of non-ortho nitro benzene ring substituents is 1. The van der Waals surface area contributed by atoms with Gasteiger partial charge < -0.3 is 0 Å². The standard InChI is InChI=1S/C20H17N3O2/c1-15(21-22-19-8-5-9-20(14-19)23(24)25)16-10-12-18(13-11-16)17-6-3-2-4-7-17/h2-14,22H,1H3/b21-15+. The van der Waals surface area contributed by atoms with Crippen LogP contribution >= 0.6 is 0 Å². The van der Waals surface area contributed by atoms with Gasteiger partial charge in [0.05, 0.1) is 16.3 Å². The fourth-order valence-corrected chi connectivity index (χ4v) is 2.44. The van der Waals surface area contributed by atoms with Crippen molar-refractivity contribution >= 4 is 17.1 Å². The van der Waals surface area contributed by atoms with Crippen LogP contribution in [0.3, 0.4) is 0 Å². The highest BCUT2D eigenvalue weighted by Crippen LogP contribution is 2.20. The summed E-state index contributed by atoms with van der Waals surface area (Å²) in [6, 6.07) is 24.5. The number of nitro benzene ring substituents is 1. The monoisotopic (exact) mass is 331 g/mol. The third-order valence-electron chi connectivity index (χ3n) is 3.82. The van der Waals surface area contributed by atoms with Gasteiger partial charge in [-0.2, -0.15) is 5.10 Å². The van der Waals surface area contributed by atoms with E-state index in [1.165, 1.54) is 17.7 Å². The first-order valence-electron chi connectivity index (χ1n) is 7.84. The summed E-state index contributed by atoms with van der Waals surface area (Å²) in [6.07, 6.45) is 0. The SMILES string of the molecule is C/C(=N\Nc1cccc([N+](=O)[O-])c1)c1ccc(-c2ccccc2)cc1. The summed E-state index contributed by atoms with van der Waals surface area (Å²) in [6.45, 7) is 1.89. The van der Waals surface area contributed by atoms with E-state index in [1.54, 1.807) is 12.1 Å². The van der Waals surface area contributed by atoms with Crippen molar-refractivity contribution in [3.05, 3.63) is 94.5 Å². The second-order valence-corrected chi connectivity index (χ2v) is 5.56. The average Bonchev–Trinajstić information content (AvgIpc) is 2.67. The van der Waals surface area contributed by atoms with E-state index in [1.807, 2.05) is 37.3 Å². The zero-order valence-electron chi connectivity index (χ0n) is 13.7. The van der Waals surface area contributed by atoms with Gasteiger partial charge in [0.15, 0.2) is 0 Å². The molecule has 0 amide bonds. The van der Waals surface area contributed by atoms with E-state index in [9.17, 15) is 10.1 Å². The van der Waals surface area contributed by atoms with Gasteiger partial charge >= 0.3 is 0 Å². The summed E-state index contributed by atoms with van der Waals surface area (Å²) in [5, 5.41) is 15.1. The summed E-state index contributed by atoms with van der Waals surface area (Å²) >= 11 is 0. The maximum absolute atomic E-state index is 10.8. The molecule has 0 saturated carbocycles. The number of benzene rings is 3. The maximum Gasteiger partial charge on any atom is 0.271 e. The summed E-state index contributed by atoms with van der Waals surface area (Å²) < 4.78 is 0. The van der Waals surface area contributed by atoms with Crippen LogP contribution in [0.15, 0.2) is 84.0 Å². The van der Waals surface area contributed by atoms with Crippen LogP contribution in [-0.2, 0) is 0 Å². The van der Waals surface area contributed by atoms with Gasteiger partial charge in [-0.15, -0.1) is 0 Å². The Morgan fingerprint density at radius 1 is 0.920 bits per heavy atom. The lowest BCUT2D eigenvalue weighted by Crippen LogP contribution is -2.00.